The lowest BCUT2D eigenvalue weighted by Crippen LogP contribution is -2.01. The van der Waals surface area contributed by atoms with Gasteiger partial charge in [0, 0.05) is 18.2 Å². The molecule has 5 aromatic rings. The molecule has 0 saturated carbocycles. The number of nitrogens with zero attached hydrogens (tertiary/aromatic N) is 8. The number of phenols is 2. The number of pyridine rings is 2. The van der Waals surface area contributed by atoms with Crippen LogP contribution in [0.1, 0.15) is 33.6 Å². The first-order chi connectivity index (χ1) is 25.8. The van der Waals surface area contributed by atoms with Crippen LogP contribution in [0.5, 0.6) is 23.0 Å². The maximum absolute atomic E-state index is 11.1. The lowest BCUT2D eigenvalue weighted by atomic mass is 10.1. The van der Waals surface area contributed by atoms with Crippen LogP contribution in [0.2, 0.25) is 20.4 Å². The number of halogens is 5. The number of nitriles is 1. The lowest BCUT2D eigenvalue weighted by Gasteiger charge is -2.08. The van der Waals surface area contributed by atoms with E-state index in [9.17, 15) is 30.4 Å². The Morgan fingerprint density at radius 1 is 0.836 bits per heavy atom. The third-order valence-corrected chi connectivity index (χ3v) is 9.18. The van der Waals surface area contributed by atoms with Crippen LogP contribution < -0.4 is 9.47 Å². The topological polar surface area (TPSA) is 266 Å². The highest BCUT2D eigenvalue weighted by molar-refractivity contribution is 6.70. The maximum atomic E-state index is 11.1. The second-order valence-electron chi connectivity index (χ2n) is 10.6. The molecule has 288 valence electrons. The van der Waals surface area contributed by atoms with Gasteiger partial charge in [0.2, 0.25) is 17.3 Å². The molecule has 0 radical (unpaired) electrons. The zero-order chi connectivity index (χ0) is 41.5. The minimum absolute atomic E-state index is 0.0291. The number of aromatic hydroxyl groups is 2. The molecule has 0 aliphatic heterocycles. The van der Waals surface area contributed by atoms with Crippen molar-refractivity contribution in [3.63, 3.8) is 0 Å². The van der Waals surface area contributed by atoms with Gasteiger partial charge in [0.15, 0.2) is 16.7 Å². The summed E-state index contributed by atoms with van der Waals surface area (Å²) in [6.45, 7) is 6.91. The summed E-state index contributed by atoms with van der Waals surface area (Å²) in [6, 6.07) is 6.38. The fourth-order valence-corrected chi connectivity index (χ4v) is 5.80. The molecule has 23 heteroatoms. The predicted octanol–water partition coefficient (Wildman–Crippen LogP) is 8.91. The van der Waals surface area contributed by atoms with Gasteiger partial charge in [-0.15, -0.1) is 0 Å². The standard InChI is InChI=1S/C16H12Cl2N4O5.C8H7Cl3N2O.C8H6N2O4/c1-6-11(14(18)19-7(2)12(6)17)15-20-16(27-21-15)8-4-9(22(24)25)13(23)10(5-8)26-3;1-3-5(8(11)13-14)7(10)12-4(2)6(3)9;1-14-7-3-5(4-9)2-6(8(7)11)10(12)13/h4-5,23H,1-3H3;14H,1-2H3;2-3,11H,1H3/b;13-8+;. The van der Waals surface area contributed by atoms with Crippen LogP contribution in [0.4, 0.5) is 11.4 Å². The molecule has 55 heavy (non-hydrogen) atoms. The number of rotatable bonds is 7. The number of nitro benzene ring substituents is 2. The summed E-state index contributed by atoms with van der Waals surface area (Å²) < 4.78 is 14.8. The van der Waals surface area contributed by atoms with Gasteiger partial charge in [-0.3, -0.25) is 20.2 Å². The van der Waals surface area contributed by atoms with Gasteiger partial charge in [-0.25, -0.2) is 9.97 Å². The van der Waals surface area contributed by atoms with Gasteiger partial charge < -0.3 is 29.4 Å². The number of hydrogen-bond acceptors (Lipinski definition) is 16. The van der Waals surface area contributed by atoms with E-state index in [0.29, 0.717) is 43.7 Å². The molecular weight excluding hydrogens is 834 g/mol. The van der Waals surface area contributed by atoms with Gasteiger partial charge in [-0.05, 0) is 44.9 Å². The van der Waals surface area contributed by atoms with Crippen molar-refractivity contribution in [3.8, 4) is 51.9 Å². The highest BCUT2D eigenvalue weighted by atomic mass is 35.5. The van der Waals surface area contributed by atoms with Crippen molar-refractivity contribution in [3.05, 3.63) is 98.5 Å². The summed E-state index contributed by atoms with van der Waals surface area (Å²) >= 11 is 29.8. The molecule has 0 amide bonds. The average molecular weight is 859 g/mol. The van der Waals surface area contributed by atoms with Crippen molar-refractivity contribution in [2.24, 2.45) is 5.16 Å². The molecule has 0 atom stereocenters. The minimum atomic E-state index is -0.779. The molecular formula is C32H25Cl5N8O10. The zero-order valence-electron chi connectivity index (χ0n) is 29.0. The number of benzene rings is 2. The van der Waals surface area contributed by atoms with E-state index in [1.54, 1.807) is 33.8 Å². The van der Waals surface area contributed by atoms with E-state index < -0.39 is 32.7 Å². The fourth-order valence-electron chi connectivity index (χ4n) is 4.53. The van der Waals surface area contributed by atoms with Crippen LogP contribution in [-0.2, 0) is 0 Å². The Morgan fingerprint density at radius 2 is 1.35 bits per heavy atom. The van der Waals surface area contributed by atoms with Crippen LogP contribution in [0.25, 0.3) is 22.8 Å². The van der Waals surface area contributed by atoms with Crippen molar-refractivity contribution < 1.29 is 39.3 Å². The summed E-state index contributed by atoms with van der Waals surface area (Å²) in [6.07, 6.45) is 0. The molecule has 3 heterocycles. The van der Waals surface area contributed by atoms with Gasteiger partial charge in [0.05, 0.1) is 73.8 Å². The van der Waals surface area contributed by atoms with E-state index in [2.05, 4.69) is 30.0 Å². The number of phenolic OH excluding ortho intramolecular Hbond substituents is 2. The van der Waals surface area contributed by atoms with Crippen LogP contribution in [0.3, 0.4) is 0 Å². The Hall–Kier alpha value is -5.71. The first-order valence-corrected chi connectivity index (χ1v) is 16.6. The van der Waals surface area contributed by atoms with E-state index in [0.717, 1.165) is 12.1 Å². The second kappa shape index (κ2) is 18.6. The van der Waals surface area contributed by atoms with E-state index in [-0.39, 0.29) is 49.8 Å². The van der Waals surface area contributed by atoms with Gasteiger partial charge in [-0.2, -0.15) is 10.2 Å². The quantitative estimate of drug-likeness (QED) is 0.0453. The number of ether oxygens (including phenoxy) is 2. The monoisotopic (exact) mass is 856 g/mol. The SMILES string of the molecule is COc1cc(-c2nc(-c3c(Cl)nc(C)c(Cl)c3C)no2)cc([N+](=O)[O-])c1O.COc1cc(C#N)cc([N+](=O)[O-])c1O.Cc1nc(Cl)c(/C(Cl)=N\O)c(C)c1Cl. The first-order valence-electron chi connectivity index (χ1n) is 14.7. The number of oxime groups is 1. The third kappa shape index (κ3) is 9.70. The largest absolute Gasteiger partial charge is 0.500 e. The molecule has 0 fully saturated rings. The molecule has 0 aliphatic rings. The molecule has 2 aromatic carbocycles. The Kier molecular flexibility index (Phi) is 14.7. The fraction of sp³-hybridized carbons (Fsp3) is 0.188. The Labute approximate surface area is 335 Å². The normalized spacial score (nSPS) is 10.7. The molecule has 0 bridgehead atoms. The molecule has 0 spiro atoms. The summed E-state index contributed by atoms with van der Waals surface area (Å²) in [5, 5.41) is 65.6. The van der Waals surface area contributed by atoms with Crippen molar-refractivity contribution in [1.29, 1.82) is 5.26 Å². The summed E-state index contributed by atoms with van der Waals surface area (Å²) in [7, 11) is 2.52. The Balaban J connectivity index is 0.000000245. The predicted molar refractivity (Wildman–Crippen MR) is 201 cm³/mol. The van der Waals surface area contributed by atoms with Crippen molar-refractivity contribution in [1.82, 2.24) is 20.1 Å². The number of nitro groups is 2. The highest BCUT2D eigenvalue weighted by Gasteiger charge is 2.25. The van der Waals surface area contributed by atoms with E-state index in [1.807, 2.05) is 0 Å². The molecule has 3 aromatic heterocycles. The smallest absolute Gasteiger partial charge is 0.315 e. The lowest BCUT2D eigenvalue weighted by molar-refractivity contribution is -0.386. The van der Waals surface area contributed by atoms with Gasteiger partial charge >= 0.3 is 11.4 Å². The molecule has 5 rings (SSSR count). The van der Waals surface area contributed by atoms with Crippen molar-refractivity contribution in [2.45, 2.75) is 27.7 Å². The molecule has 0 saturated heterocycles. The molecule has 3 N–H and O–H groups in total. The average Bonchev–Trinajstić information content (AvgIpc) is 3.63. The van der Waals surface area contributed by atoms with Gasteiger partial charge in [0.25, 0.3) is 5.89 Å². The van der Waals surface area contributed by atoms with Crippen molar-refractivity contribution >= 4 is 74.6 Å². The minimum Gasteiger partial charge on any atom is -0.500 e. The van der Waals surface area contributed by atoms with Crippen LogP contribution in [0.15, 0.2) is 33.9 Å². The molecule has 18 nitrogen and oxygen atoms in total. The summed E-state index contributed by atoms with van der Waals surface area (Å²) in [4.78, 5) is 32.4. The van der Waals surface area contributed by atoms with Gasteiger partial charge in [-0.1, -0.05) is 68.3 Å². The first kappa shape index (κ1) is 43.7. The van der Waals surface area contributed by atoms with E-state index in [1.165, 1.54) is 26.4 Å². The Morgan fingerprint density at radius 3 is 1.85 bits per heavy atom. The zero-order valence-corrected chi connectivity index (χ0v) is 32.8. The molecule has 0 aliphatic carbocycles. The number of hydrogen-bond donors (Lipinski definition) is 3. The number of aromatic nitrogens is 4. The van der Waals surface area contributed by atoms with Gasteiger partial charge in [0.1, 0.15) is 10.3 Å². The van der Waals surface area contributed by atoms with E-state index in [4.69, 9.17) is 77.7 Å². The van der Waals surface area contributed by atoms with Crippen LogP contribution in [0, 0.1) is 59.3 Å². The summed E-state index contributed by atoms with van der Waals surface area (Å²) in [5.74, 6) is -1.27. The third-order valence-electron chi connectivity index (χ3n) is 7.25. The highest BCUT2D eigenvalue weighted by Crippen LogP contribution is 2.41. The molecule has 0 unspecified atom stereocenters. The van der Waals surface area contributed by atoms with Crippen molar-refractivity contribution in [2.75, 3.05) is 14.2 Å². The van der Waals surface area contributed by atoms with E-state index >= 15 is 0 Å². The number of methoxy groups -OCH3 is 2. The second-order valence-corrected chi connectivity index (χ2v) is 12.5. The summed E-state index contributed by atoms with van der Waals surface area (Å²) in [5.41, 5.74) is 2.34. The number of aryl methyl sites for hydroxylation is 2. The van der Waals surface area contributed by atoms with Crippen LogP contribution >= 0.6 is 58.0 Å². The Bertz CT molecular complexity index is 2390. The van der Waals surface area contributed by atoms with Crippen LogP contribution in [-0.4, -0.2) is 64.8 Å². The maximum Gasteiger partial charge on any atom is 0.315 e.